The summed E-state index contributed by atoms with van der Waals surface area (Å²) in [6.45, 7) is 2.81. The predicted molar refractivity (Wildman–Crippen MR) is 69.9 cm³/mol. The maximum absolute atomic E-state index is 12.0. The number of carbonyl (C=O) groups excluding carboxylic acids is 1. The highest BCUT2D eigenvalue weighted by Crippen LogP contribution is 2.25. The SMILES string of the molecule is Cc1ccc(NC(=O)C2(N)CCOC2)c(Br)c1. The molecule has 1 unspecified atom stereocenters. The van der Waals surface area contributed by atoms with Gasteiger partial charge in [-0.1, -0.05) is 6.07 Å². The molecule has 0 radical (unpaired) electrons. The van der Waals surface area contributed by atoms with E-state index in [1.54, 1.807) is 0 Å². The largest absolute Gasteiger partial charge is 0.379 e. The van der Waals surface area contributed by atoms with Crippen molar-refractivity contribution in [3.63, 3.8) is 0 Å². The zero-order valence-corrected chi connectivity index (χ0v) is 11.2. The number of hydrogen-bond acceptors (Lipinski definition) is 3. The number of nitrogens with one attached hydrogen (secondary N) is 1. The van der Waals surface area contributed by atoms with Crippen LogP contribution in [0.5, 0.6) is 0 Å². The standard InChI is InChI=1S/C12H15BrN2O2/c1-8-2-3-10(9(13)6-8)15-11(16)12(14)4-5-17-7-12/h2-3,6H,4-5,7,14H2,1H3,(H,15,16). The second-order valence-corrected chi connectivity index (χ2v) is 5.25. The Kier molecular flexibility index (Phi) is 3.51. The molecule has 1 aromatic carbocycles. The molecular formula is C12H15BrN2O2. The van der Waals surface area contributed by atoms with E-state index in [0.29, 0.717) is 13.0 Å². The Hall–Kier alpha value is -0.910. The minimum atomic E-state index is -0.898. The normalized spacial score (nSPS) is 23.7. The van der Waals surface area contributed by atoms with E-state index in [-0.39, 0.29) is 12.5 Å². The van der Waals surface area contributed by atoms with Gasteiger partial charge in [-0.05, 0) is 47.0 Å². The van der Waals surface area contributed by atoms with Gasteiger partial charge in [-0.15, -0.1) is 0 Å². The number of aryl methyl sites for hydroxylation is 1. The van der Waals surface area contributed by atoms with Gasteiger partial charge in [-0.3, -0.25) is 4.79 Å². The Morgan fingerprint density at radius 2 is 2.35 bits per heavy atom. The lowest BCUT2D eigenvalue weighted by molar-refractivity contribution is -0.121. The summed E-state index contributed by atoms with van der Waals surface area (Å²) in [4.78, 5) is 12.0. The van der Waals surface area contributed by atoms with E-state index < -0.39 is 5.54 Å². The molecule has 4 nitrogen and oxygen atoms in total. The number of hydrogen-bond donors (Lipinski definition) is 2. The second-order valence-electron chi connectivity index (χ2n) is 4.40. The van der Waals surface area contributed by atoms with Gasteiger partial charge in [0.1, 0.15) is 5.54 Å². The minimum absolute atomic E-state index is 0.195. The molecule has 0 bridgehead atoms. The molecule has 1 heterocycles. The Morgan fingerprint density at radius 3 is 2.94 bits per heavy atom. The minimum Gasteiger partial charge on any atom is -0.379 e. The Labute approximate surface area is 109 Å². The zero-order valence-electron chi connectivity index (χ0n) is 9.63. The van der Waals surface area contributed by atoms with E-state index in [2.05, 4.69) is 21.2 Å². The van der Waals surface area contributed by atoms with Gasteiger partial charge in [-0.25, -0.2) is 0 Å². The van der Waals surface area contributed by atoms with Gasteiger partial charge in [0.2, 0.25) is 5.91 Å². The van der Waals surface area contributed by atoms with Crippen LogP contribution in [0.1, 0.15) is 12.0 Å². The molecule has 0 spiro atoms. The maximum Gasteiger partial charge on any atom is 0.246 e. The molecule has 2 rings (SSSR count). The number of anilines is 1. The molecule has 1 aliphatic heterocycles. The van der Waals surface area contributed by atoms with Crippen LogP contribution in [0.25, 0.3) is 0 Å². The van der Waals surface area contributed by atoms with Crippen molar-refractivity contribution < 1.29 is 9.53 Å². The first-order valence-electron chi connectivity index (χ1n) is 5.45. The smallest absolute Gasteiger partial charge is 0.246 e. The highest BCUT2D eigenvalue weighted by molar-refractivity contribution is 9.10. The predicted octanol–water partition coefficient (Wildman–Crippen LogP) is 1.81. The molecular weight excluding hydrogens is 284 g/mol. The maximum atomic E-state index is 12.0. The Bertz CT molecular complexity index is 442. The van der Waals surface area contributed by atoms with Gasteiger partial charge in [-0.2, -0.15) is 0 Å². The van der Waals surface area contributed by atoms with Gasteiger partial charge in [0.25, 0.3) is 0 Å². The number of benzene rings is 1. The Morgan fingerprint density at radius 1 is 1.59 bits per heavy atom. The van der Waals surface area contributed by atoms with Crippen LogP contribution in [0.3, 0.4) is 0 Å². The van der Waals surface area contributed by atoms with Crippen molar-refractivity contribution in [1.29, 1.82) is 0 Å². The van der Waals surface area contributed by atoms with Crippen LogP contribution >= 0.6 is 15.9 Å². The third kappa shape index (κ3) is 2.68. The highest BCUT2D eigenvalue weighted by atomic mass is 79.9. The molecule has 1 atom stereocenters. The Balaban J connectivity index is 2.13. The molecule has 1 fully saturated rings. The third-order valence-electron chi connectivity index (χ3n) is 2.88. The van der Waals surface area contributed by atoms with Gasteiger partial charge >= 0.3 is 0 Å². The lowest BCUT2D eigenvalue weighted by atomic mass is 9.99. The molecule has 17 heavy (non-hydrogen) atoms. The third-order valence-corrected chi connectivity index (χ3v) is 3.53. The molecule has 0 aliphatic carbocycles. The molecule has 1 aliphatic rings. The first-order valence-corrected chi connectivity index (χ1v) is 6.25. The van der Waals surface area contributed by atoms with Gasteiger partial charge in [0.15, 0.2) is 0 Å². The average molecular weight is 299 g/mol. The number of nitrogens with two attached hydrogens (primary N) is 1. The summed E-state index contributed by atoms with van der Waals surface area (Å²) in [6.07, 6.45) is 0.558. The lowest BCUT2D eigenvalue weighted by Crippen LogP contribution is -2.51. The number of carbonyl (C=O) groups is 1. The number of ether oxygens (including phenoxy) is 1. The summed E-state index contributed by atoms with van der Waals surface area (Å²) >= 11 is 3.42. The van der Waals surface area contributed by atoms with Crippen molar-refractivity contribution in [1.82, 2.24) is 0 Å². The molecule has 1 amide bonds. The molecule has 1 aromatic rings. The van der Waals surface area contributed by atoms with Crippen molar-refractivity contribution in [3.05, 3.63) is 28.2 Å². The first-order chi connectivity index (χ1) is 8.01. The molecule has 3 N–H and O–H groups in total. The monoisotopic (exact) mass is 298 g/mol. The second kappa shape index (κ2) is 4.76. The van der Waals surface area contributed by atoms with Crippen molar-refractivity contribution in [2.75, 3.05) is 18.5 Å². The quantitative estimate of drug-likeness (QED) is 0.875. The topological polar surface area (TPSA) is 64.4 Å². The van der Waals surface area contributed by atoms with Crippen LogP contribution < -0.4 is 11.1 Å². The summed E-state index contributed by atoms with van der Waals surface area (Å²) < 4.78 is 6.03. The molecule has 0 saturated carbocycles. The number of rotatable bonds is 2. The molecule has 1 saturated heterocycles. The van der Waals surface area contributed by atoms with Crippen LogP contribution in [0.15, 0.2) is 22.7 Å². The summed E-state index contributed by atoms with van der Waals surface area (Å²) in [7, 11) is 0. The van der Waals surface area contributed by atoms with E-state index >= 15 is 0 Å². The average Bonchev–Trinajstić information content (AvgIpc) is 2.71. The van der Waals surface area contributed by atoms with E-state index in [4.69, 9.17) is 10.5 Å². The first kappa shape index (κ1) is 12.5. The summed E-state index contributed by atoms with van der Waals surface area (Å²) in [5.41, 5.74) is 6.94. The summed E-state index contributed by atoms with van der Waals surface area (Å²) in [6, 6.07) is 5.75. The van der Waals surface area contributed by atoms with Crippen molar-refractivity contribution in [3.8, 4) is 0 Å². The van der Waals surface area contributed by atoms with Crippen molar-refractivity contribution in [2.45, 2.75) is 18.9 Å². The van der Waals surface area contributed by atoms with Crippen LogP contribution in [-0.2, 0) is 9.53 Å². The molecule has 0 aromatic heterocycles. The van der Waals surface area contributed by atoms with E-state index in [0.717, 1.165) is 15.7 Å². The number of halogens is 1. The van der Waals surface area contributed by atoms with Gasteiger partial charge < -0.3 is 15.8 Å². The lowest BCUT2D eigenvalue weighted by Gasteiger charge is -2.21. The number of amides is 1. The van der Waals surface area contributed by atoms with Crippen LogP contribution in [0.4, 0.5) is 5.69 Å². The van der Waals surface area contributed by atoms with E-state index in [1.165, 1.54) is 0 Å². The summed E-state index contributed by atoms with van der Waals surface area (Å²) in [5, 5.41) is 2.83. The van der Waals surface area contributed by atoms with Crippen molar-refractivity contribution >= 4 is 27.5 Å². The fraction of sp³-hybridized carbons (Fsp3) is 0.417. The van der Waals surface area contributed by atoms with Gasteiger partial charge in [0.05, 0.1) is 12.3 Å². The van der Waals surface area contributed by atoms with Crippen LogP contribution in [0, 0.1) is 6.92 Å². The van der Waals surface area contributed by atoms with Crippen LogP contribution in [-0.4, -0.2) is 24.7 Å². The molecule has 92 valence electrons. The fourth-order valence-corrected chi connectivity index (χ4v) is 2.32. The van der Waals surface area contributed by atoms with E-state index in [1.807, 2.05) is 25.1 Å². The fourth-order valence-electron chi connectivity index (χ4n) is 1.73. The summed E-state index contributed by atoms with van der Waals surface area (Å²) in [5.74, 6) is -0.195. The van der Waals surface area contributed by atoms with Gasteiger partial charge in [0, 0.05) is 11.1 Å². The molecule has 5 heteroatoms. The zero-order chi connectivity index (χ0) is 12.5. The highest BCUT2D eigenvalue weighted by Gasteiger charge is 2.38. The van der Waals surface area contributed by atoms with Crippen LogP contribution in [0.2, 0.25) is 0 Å². The van der Waals surface area contributed by atoms with E-state index in [9.17, 15) is 4.79 Å². The van der Waals surface area contributed by atoms with Crippen molar-refractivity contribution in [2.24, 2.45) is 5.73 Å².